The van der Waals surface area contributed by atoms with Gasteiger partial charge in [-0.05, 0) is 33.8 Å². The molecular weight excluding hydrogens is 233 g/mol. The van der Waals surface area contributed by atoms with E-state index < -0.39 is 0 Å². The van der Waals surface area contributed by atoms with E-state index in [2.05, 4.69) is 0 Å². The van der Waals surface area contributed by atoms with Gasteiger partial charge in [0.15, 0.2) is 0 Å². The monoisotopic (exact) mass is 255 g/mol. The van der Waals surface area contributed by atoms with Gasteiger partial charge in [-0.25, -0.2) is 4.39 Å². The first-order chi connectivity index (χ1) is 8.29. The van der Waals surface area contributed by atoms with Crippen molar-refractivity contribution in [3.63, 3.8) is 0 Å². The van der Waals surface area contributed by atoms with Gasteiger partial charge in [0, 0.05) is 17.7 Å². The van der Waals surface area contributed by atoms with Gasteiger partial charge in [0.1, 0.15) is 18.2 Å². The fourth-order valence-electron chi connectivity index (χ4n) is 1.47. The molecule has 2 N–H and O–H groups in total. The number of hydrogen-bond donors (Lipinski definition) is 1. The normalized spacial score (nSPS) is 13.4. The molecule has 0 amide bonds. The molecule has 102 valence electrons. The van der Waals surface area contributed by atoms with Crippen LogP contribution in [0.3, 0.4) is 0 Å². The molecule has 0 heterocycles. The minimum Gasteiger partial charge on any atom is -0.491 e. The van der Waals surface area contributed by atoms with Crippen LogP contribution in [-0.4, -0.2) is 18.8 Å². The maximum absolute atomic E-state index is 13.6. The Labute approximate surface area is 108 Å². The maximum Gasteiger partial charge on any atom is 0.131 e. The second-order valence-electron chi connectivity index (χ2n) is 5.28. The molecule has 0 bridgehead atoms. The fraction of sp³-hybridized carbons (Fsp3) is 0.571. The summed E-state index contributed by atoms with van der Waals surface area (Å²) < 4.78 is 24.5. The molecule has 0 saturated heterocycles. The van der Waals surface area contributed by atoms with Gasteiger partial charge in [-0.2, -0.15) is 0 Å². The van der Waals surface area contributed by atoms with Gasteiger partial charge in [-0.1, -0.05) is 6.07 Å². The summed E-state index contributed by atoms with van der Waals surface area (Å²) in [7, 11) is 0. The van der Waals surface area contributed by atoms with Crippen molar-refractivity contribution in [2.24, 2.45) is 5.73 Å². The summed E-state index contributed by atoms with van der Waals surface area (Å²) in [5.41, 5.74) is 5.94. The van der Waals surface area contributed by atoms with Crippen molar-refractivity contribution >= 4 is 0 Å². The molecule has 0 saturated carbocycles. The first kappa shape index (κ1) is 14.9. The molecule has 1 rings (SSSR count). The van der Waals surface area contributed by atoms with Crippen molar-refractivity contribution in [1.82, 2.24) is 0 Å². The van der Waals surface area contributed by atoms with Crippen molar-refractivity contribution in [2.45, 2.75) is 39.3 Å². The van der Waals surface area contributed by atoms with Crippen LogP contribution in [-0.2, 0) is 4.74 Å². The van der Waals surface area contributed by atoms with E-state index in [1.807, 2.05) is 20.8 Å². The lowest BCUT2D eigenvalue weighted by Gasteiger charge is -2.19. The third-order valence-electron chi connectivity index (χ3n) is 2.35. The van der Waals surface area contributed by atoms with E-state index in [0.717, 1.165) is 0 Å². The van der Waals surface area contributed by atoms with E-state index in [9.17, 15) is 4.39 Å². The molecule has 0 aromatic heterocycles. The van der Waals surface area contributed by atoms with Crippen molar-refractivity contribution in [3.05, 3.63) is 29.6 Å². The van der Waals surface area contributed by atoms with Crippen LogP contribution in [0.4, 0.5) is 4.39 Å². The molecule has 0 aliphatic carbocycles. The van der Waals surface area contributed by atoms with E-state index in [0.29, 0.717) is 24.5 Å². The fourth-order valence-corrected chi connectivity index (χ4v) is 1.47. The van der Waals surface area contributed by atoms with Crippen LogP contribution >= 0.6 is 0 Å². The molecule has 3 nitrogen and oxygen atoms in total. The second kappa shape index (κ2) is 6.16. The Morgan fingerprint density at radius 2 is 1.94 bits per heavy atom. The predicted octanol–water partition coefficient (Wildman–Crippen LogP) is 3.04. The summed E-state index contributed by atoms with van der Waals surface area (Å²) in [5.74, 6) is 0.161. The summed E-state index contributed by atoms with van der Waals surface area (Å²) in [4.78, 5) is 0. The summed E-state index contributed by atoms with van der Waals surface area (Å²) in [6.45, 7) is 8.54. The largest absolute Gasteiger partial charge is 0.491 e. The summed E-state index contributed by atoms with van der Waals surface area (Å²) >= 11 is 0. The van der Waals surface area contributed by atoms with Gasteiger partial charge in [-0.15, -0.1) is 0 Å². The molecule has 0 fully saturated rings. The Morgan fingerprint density at radius 1 is 1.28 bits per heavy atom. The zero-order valence-corrected chi connectivity index (χ0v) is 11.5. The predicted molar refractivity (Wildman–Crippen MR) is 70.2 cm³/mol. The van der Waals surface area contributed by atoms with Crippen LogP contribution in [0.2, 0.25) is 0 Å². The molecule has 4 heteroatoms. The molecule has 0 unspecified atom stereocenters. The number of hydrogen-bond acceptors (Lipinski definition) is 3. The maximum atomic E-state index is 13.6. The molecule has 1 aromatic carbocycles. The second-order valence-corrected chi connectivity index (χ2v) is 5.28. The van der Waals surface area contributed by atoms with Gasteiger partial charge in [0.2, 0.25) is 0 Å². The molecule has 0 spiro atoms. The SMILES string of the molecule is C[C@H](N)c1ccc(OCCOC(C)(C)C)cc1F. The lowest BCUT2D eigenvalue weighted by atomic mass is 10.1. The molecule has 18 heavy (non-hydrogen) atoms. The van der Waals surface area contributed by atoms with Crippen LogP contribution in [0.15, 0.2) is 18.2 Å². The van der Waals surface area contributed by atoms with E-state index in [-0.39, 0.29) is 17.5 Å². The number of benzene rings is 1. The molecule has 0 radical (unpaired) electrons. The van der Waals surface area contributed by atoms with Crippen molar-refractivity contribution in [1.29, 1.82) is 0 Å². The van der Waals surface area contributed by atoms with Gasteiger partial charge < -0.3 is 15.2 Å². The molecule has 0 aliphatic heterocycles. The molecule has 0 aliphatic rings. The van der Waals surface area contributed by atoms with Crippen LogP contribution < -0.4 is 10.5 Å². The van der Waals surface area contributed by atoms with Gasteiger partial charge in [0.25, 0.3) is 0 Å². The van der Waals surface area contributed by atoms with Crippen molar-refractivity contribution < 1.29 is 13.9 Å². The number of halogens is 1. The van der Waals surface area contributed by atoms with Crippen molar-refractivity contribution in [3.8, 4) is 5.75 Å². The minimum atomic E-state index is -0.334. The highest BCUT2D eigenvalue weighted by Gasteiger charge is 2.10. The Kier molecular flexibility index (Phi) is 5.11. The molecular formula is C14H22FNO2. The Morgan fingerprint density at radius 3 is 2.44 bits per heavy atom. The average Bonchev–Trinajstić information content (AvgIpc) is 2.22. The van der Waals surface area contributed by atoms with Gasteiger partial charge in [-0.3, -0.25) is 0 Å². The Hall–Kier alpha value is -1.13. The Bertz CT molecular complexity index is 386. The topological polar surface area (TPSA) is 44.5 Å². The summed E-state index contributed by atoms with van der Waals surface area (Å²) in [5, 5.41) is 0. The first-order valence-electron chi connectivity index (χ1n) is 6.11. The lowest BCUT2D eigenvalue weighted by molar-refractivity contribution is -0.0163. The minimum absolute atomic E-state index is 0.187. The zero-order valence-electron chi connectivity index (χ0n) is 11.5. The zero-order chi connectivity index (χ0) is 13.8. The quantitative estimate of drug-likeness (QED) is 0.822. The van der Waals surface area contributed by atoms with Crippen LogP contribution in [0.5, 0.6) is 5.75 Å². The van der Waals surface area contributed by atoms with E-state index >= 15 is 0 Å². The number of ether oxygens (including phenoxy) is 2. The highest BCUT2D eigenvalue weighted by Crippen LogP contribution is 2.20. The highest BCUT2D eigenvalue weighted by atomic mass is 19.1. The number of rotatable bonds is 5. The standard InChI is InChI=1S/C14H22FNO2/c1-10(16)12-6-5-11(9-13(12)15)17-7-8-18-14(2,3)4/h5-6,9-10H,7-8,16H2,1-4H3/t10-/m0/s1. The highest BCUT2D eigenvalue weighted by molar-refractivity contribution is 5.30. The van der Waals surface area contributed by atoms with E-state index in [1.165, 1.54) is 6.07 Å². The third-order valence-corrected chi connectivity index (χ3v) is 2.35. The summed E-state index contributed by atoms with van der Waals surface area (Å²) in [6.07, 6.45) is 0. The van der Waals surface area contributed by atoms with E-state index in [4.69, 9.17) is 15.2 Å². The van der Waals surface area contributed by atoms with Gasteiger partial charge >= 0.3 is 0 Å². The van der Waals surface area contributed by atoms with Crippen LogP contribution in [0, 0.1) is 5.82 Å². The molecule has 1 aromatic rings. The van der Waals surface area contributed by atoms with Crippen LogP contribution in [0.25, 0.3) is 0 Å². The molecule has 1 atom stereocenters. The van der Waals surface area contributed by atoms with Crippen LogP contribution in [0.1, 0.15) is 39.3 Å². The average molecular weight is 255 g/mol. The summed E-state index contributed by atoms with van der Waals surface area (Å²) in [6, 6.07) is 4.41. The number of nitrogens with two attached hydrogens (primary N) is 1. The van der Waals surface area contributed by atoms with Crippen molar-refractivity contribution in [2.75, 3.05) is 13.2 Å². The first-order valence-corrected chi connectivity index (χ1v) is 6.11. The smallest absolute Gasteiger partial charge is 0.131 e. The van der Waals surface area contributed by atoms with E-state index in [1.54, 1.807) is 19.1 Å². The van der Waals surface area contributed by atoms with Gasteiger partial charge in [0.05, 0.1) is 12.2 Å². The third kappa shape index (κ3) is 5.02. The lowest BCUT2D eigenvalue weighted by Crippen LogP contribution is -2.22. The Balaban J connectivity index is 2.47.